The fourth-order valence-corrected chi connectivity index (χ4v) is 4.07. The Kier molecular flexibility index (Phi) is 5.27. The summed E-state index contributed by atoms with van der Waals surface area (Å²) in [5.41, 5.74) is 3.07. The van der Waals surface area contributed by atoms with E-state index in [2.05, 4.69) is 0 Å². The van der Waals surface area contributed by atoms with E-state index < -0.39 is 10.0 Å². The lowest BCUT2D eigenvalue weighted by Crippen LogP contribution is -2.19. The molecule has 0 unspecified atom stereocenters. The van der Waals surface area contributed by atoms with Crippen molar-refractivity contribution in [3.63, 3.8) is 0 Å². The molecule has 3 aromatic carbocycles. The summed E-state index contributed by atoms with van der Waals surface area (Å²) in [5, 5.41) is 11.8. The van der Waals surface area contributed by atoms with E-state index in [1.807, 2.05) is 30.3 Å². The minimum atomic E-state index is -3.80. The Morgan fingerprint density at radius 1 is 1.07 bits per heavy atom. The quantitative estimate of drug-likeness (QED) is 0.673. The third kappa shape index (κ3) is 3.92. The molecule has 0 aromatic heterocycles. The van der Waals surface area contributed by atoms with E-state index in [1.54, 1.807) is 30.3 Å². The number of benzene rings is 3. The van der Waals surface area contributed by atoms with E-state index >= 15 is 0 Å². The minimum Gasteiger partial charge on any atom is -0.496 e. The van der Waals surface area contributed by atoms with Gasteiger partial charge >= 0.3 is 0 Å². The molecular weight excluding hydrogens is 405 g/mol. The SMILES string of the molecule is COc1ccccc1C1=NN(c2ccc(S(N)(=O)=O)cc2)[C@H](c2cccc(F)c2)C1. The van der Waals surface area contributed by atoms with Gasteiger partial charge in [0.15, 0.2) is 0 Å². The second kappa shape index (κ2) is 7.89. The second-order valence-electron chi connectivity index (χ2n) is 6.91. The fourth-order valence-electron chi connectivity index (χ4n) is 3.56. The molecule has 0 saturated heterocycles. The average Bonchev–Trinajstić information content (AvgIpc) is 3.18. The zero-order valence-corrected chi connectivity index (χ0v) is 17.0. The van der Waals surface area contributed by atoms with Gasteiger partial charge in [-0.2, -0.15) is 5.10 Å². The molecule has 0 amide bonds. The number of hydrogen-bond acceptors (Lipinski definition) is 5. The number of ether oxygens (including phenoxy) is 1. The largest absolute Gasteiger partial charge is 0.496 e. The van der Waals surface area contributed by atoms with Crippen molar-refractivity contribution < 1.29 is 17.5 Å². The Balaban J connectivity index is 1.79. The van der Waals surface area contributed by atoms with Gasteiger partial charge < -0.3 is 4.74 Å². The predicted molar refractivity (Wildman–Crippen MR) is 114 cm³/mol. The zero-order chi connectivity index (χ0) is 21.3. The Hall–Kier alpha value is -3.23. The summed E-state index contributed by atoms with van der Waals surface area (Å²) in [6.07, 6.45) is 0.529. The molecule has 30 heavy (non-hydrogen) atoms. The van der Waals surface area contributed by atoms with Gasteiger partial charge in [0.25, 0.3) is 0 Å². The molecule has 1 aliphatic rings. The smallest absolute Gasteiger partial charge is 0.238 e. The maximum absolute atomic E-state index is 13.9. The van der Waals surface area contributed by atoms with Gasteiger partial charge in [-0.05, 0) is 54.1 Å². The lowest BCUT2D eigenvalue weighted by Gasteiger charge is -2.24. The summed E-state index contributed by atoms with van der Waals surface area (Å²) < 4.78 is 42.5. The van der Waals surface area contributed by atoms with Crippen molar-refractivity contribution in [3.05, 3.63) is 89.7 Å². The minimum absolute atomic E-state index is 0.0154. The molecule has 3 aromatic rings. The van der Waals surface area contributed by atoms with E-state index in [9.17, 15) is 12.8 Å². The highest BCUT2D eigenvalue weighted by Gasteiger charge is 2.31. The topological polar surface area (TPSA) is 85.0 Å². The maximum atomic E-state index is 13.9. The predicted octanol–water partition coefficient (Wildman–Crippen LogP) is 3.84. The van der Waals surface area contributed by atoms with Crippen molar-refractivity contribution in [3.8, 4) is 5.75 Å². The van der Waals surface area contributed by atoms with Crippen LogP contribution in [0.2, 0.25) is 0 Å². The molecule has 0 bridgehead atoms. The van der Waals surface area contributed by atoms with Gasteiger partial charge in [-0.25, -0.2) is 17.9 Å². The van der Waals surface area contributed by atoms with Crippen LogP contribution in [0.4, 0.5) is 10.1 Å². The monoisotopic (exact) mass is 425 g/mol. The van der Waals surface area contributed by atoms with Crippen molar-refractivity contribution in [1.82, 2.24) is 0 Å². The van der Waals surface area contributed by atoms with Crippen LogP contribution in [0.15, 0.2) is 82.8 Å². The van der Waals surface area contributed by atoms with Gasteiger partial charge in [-0.15, -0.1) is 0 Å². The number of sulfonamides is 1. The second-order valence-corrected chi connectivity index (χ2v) is 8.47. The molecule has 0 saturated carbocycles. The first-order valence-corrected chi connectivity index (χ1v) is 10.8. The van der Waals surface area contributed by atoms with Crippen LogP contribution >= 0.6 is 0 Å². The Labute approximate surface area is 174 Å². The van der Waals surface area contributed by atoms with Crippen LogP contribution in [0.3, 0.4) is 0 Å². The number of anilines is 1. The van der Waals surface area contributed by atoms with E-state index in [-0.39, 0.29) is 16.8 Å². The van der Waals surface area contributed by atoms with E-state index in [1.165, 1.54) is 24.3 Å². The number of hydrogen-bond donors (Lipinski definition) is 1. The molecule has 1 atom stereocenters. The summed E-state index contributed by atoms with van der Waals surface area (Å²) in [4.78, 5) is 0.0154. The van der Waals surface area contributed by atoms with Gasteiger partial charge in [-0.1, -0.05) is 24.3 Å². The van der Waals surface area contributed by atoms with Crippen molar-refractivity contribution in [2.45, 2.75) is 17.4 Å². The molecule has 0 radical (unpaired) electrons. The highest BCUT2D eigenvalue weighted by Crippen LogP contribution is 2.38. The summed E-state index contributed by atoms with van der Waals surface area (Å²) in [6, 6.07) is 19.8. The van der Waals surface area contributed by atoms with Crippen molar-refractivity contribution in [2.75, 3.05) is 12.1 Å². The van der Waals surface area contributed by atoms with E-state index in [0.29, 0.717) is 17.9 Å². The van der Waals surface area contributed by atoms with E-state index in [0.717, 1.165) is 16.8 Å². The van der Waals surface area contributed by atoms with Gasteiger partial charge in [0.2, 0.25) is 10.0 Å². The van der Waals surface area contributed by atoms with E-state index in [4.69, 9.17) is 15.0 Å². The number of nitrogens with zero attached hydrogens (tertiary/aromatic N) is 2. The molecule has 2 N–H and O–H groups in total. The molecule has 0 fully saturated rings. The van der Waals surface area contributed by atoms with Crippen LogP contribution in [0.5, 0.6) is 5.75 Å². The fraction of sp³-hybridized carbons (Fsp3) is 0.136. The summed E-state index contributed by atoms with van der Waals surface area (Å²) in [7, 11) is -2.20. The normalized spacial score (nSPS) is 16.4. The van der Waals surface area contributed by atoms with Crippen LogP contribution < -0.4 is 14.9 Å². The first kappa shape index (κ1) is 20.1. The summed E-state index contributed by atoms with van der Waals surface area (Å²) in [5.74, 6) is 0.364. The van der Waals surface area contributed by atoms with Crippen LogP contribution in [-0.4, -0.2) is 21.2 Å². The van der Waals surface area contributed by atoms with Crippen LogP contribution in [-0.2, 0) is 10.0 Å². The number of rotatable bonds is 5. The molecule has 1 aliphatic heterocycles. The number of nitrogens with two attached hydrogens (primary N) is 1. The first-order valence-electron chi connectivity index (χ1n) is 9.25. The lowest BCUT2D eigenvalue weighted by molar-refractivity contribution is 0.414. The van der Waals surface area contributed by atoms with Gasteiger partial charge in [0.05, 0.1) is 29.4 Å². The standard InChI is InChI=1S/C22H20FN3O3S/c1-29-22-8-3-2-7-19(22)20-14-21(15-5-4-6-16(23)13-15)26(25-20)17-9-11-18(12-10-17)30(24,27)28/h2-13,21H,14H2,1H3,(H2,24,27,28)/t21-/m0/s1. The molecule has 4 rings (SSSR count). The first-order chi connectivity index (χ1) is 14.4. The molecule has 1 heterocycles. The Bertz CT molecular complexity index is 1210. The van der Waals surface area contributed by atoms with Crippen LogP contribution in [0.1, 0.15) is 23.6 Å². The van der Waals surface area contributed by atoms with Crippen molar-refractivity contribution in [1.29, 1.82) is 0 Å². The summed E-state index contributed by atoms with van der Waals surface area (Å²) in [6.45, 7) is 0. The number of primary sulfonamides is 1. The lowest BCUT2D eigenvalue weighted by atomic mass is 9.97. The van der Waals surface area contributed by atoms with Gasteiger partial charge in [-0.3, -0.25) is 5.01 Å². The number of hydrazone groups is 1. The molecular formula is C22H20FN3O3S. The van der Waals surface area contributed by atoms with Crippen molar-refractivity contribution in [2.24, 2.45) is 10.2 Å². The molecule has 6 nitrogen and oxygen atoms in total. The summed E-state index contributed by atoms with van der Waals surface area (Å²) >= 11 is 0. The average molecular weight is 425 g/mol. The van der Waals surface area contributed by atoms with Crippen LogP contribution in [0, 0.1) is 5.82 Å². The molecule has 154 valence electrons. The van der Waals surface area contributed by atoms with Gasteiger partial charge in [0.1, 0.15) is 11.6 Å². The maximum Gasteiger partial charge on any atom is 0.238 e. The third-order valence-electron chi connectivity index (χ3n) is 4.99. The molecule has 8 heteroatoms. The Morgan fingerprint density at radius 3 is 2.47 bits per heavy atom. The Morgan fingerprint density at radius 2 is 1.80 bits per heavy atom. The van der Waals surface area contributed by atoms with Gasteiger partial charge in [0, 0.05) is 12.0 Å². The van der Waals surface area contributed by atoms with Crippen LogP contribution in [0.25, 0.3) is 0 Å². The number of methoxy groups -OCH3 is 1. The highest BCUT2D eigenvalue weighted by atomic mass is 32.2. The number of para-hydroxylation sites is 1. The van der Waals surface area contributed by atoms with Crippen molar-refractivity contribution >= 4 is 21.4 Å². The molecule has 0 spiro atoms. The highest BCUT2D eigenvalue weighted by molar-refractivity contribution is 7.89. The molecule has 0 aliphatic carbocycles. The zero-order valence-electron chi connectivity index (χ0n) is 16.2. The third-order valence-corrected chi connectivity index (χ3v) is 5.92. The number of halogens is 1.